The van der Waals surface area contributed by atoms with Crippen LogP contribution in [0.4, 0.5) is 0 Å². The summed E-state index contributed by atoms with van der Waals surface area (Å²) in [6.07, 6.45) is 4.06. The van der Waals surface area contributed by atoms with Gasteiger partial charge >= 0.3 is 0 Å². The minimum atomic E-state index is 0. The number of nitrogens with zero attached hydrogens (tertiary/aromatic N) is 1. The van der Waals surface area contributed by atoms with Crippen molar-refractivity contribution in [3.63, 3.8) is 0 Å². The van der Waals surface area contributed by atoms with Gasteiger partial charge in [-0.05, 0) is 30.4 Å². The third kappa shape index (κ3) is 2.85. The third-order valence-corrected chi connectivity index (χ3v) is 3.74. The van der Waals surface area contributed by atoms with E-state index in [1.165, 1.54) is 37.9 Å². The Bertz CT molecular complexity index is 325. The summed E-state index contributed by atoms with van der Waals surface area (Å²) >= 11 is 0. The molecule has 1 heteroatoms. The summed E-state index contributed by atoms with van der Waals surface area (Å²) in [5, 5.41) is 0. The van der Waals surface area contributed by atoms with Gasteiger partial charge in [-0.2, -0.15) is 0 Å². The van der Waals surface area contributed by atoms with Crippen molar-refractivity contribution in [3.05, 3.63) is 35.9 Å². The molecule has 0 radical (unpaired) electrons. The summed E-state index contributed by atoms with van der Waals surface area (Å²) in [5.74, 6) is 0. The van der Waals surface area contributed by atoms with Crippen LogP contribution in [0.2, 0.25) is 0 Å². The molecule has 0 spiro atoms. The highest BCUT2D eigenvalue weighted by molar-refractivity contribution is 5.14. The molecule has 0 saturated carbocycles. The summed E-state index contributed by atoms with van der Waals surface area (Å²) in [6, 6.07) is 10.8. The van der Waals surface area contributed by atoms with Gasteiger partial charge in [-0.25, -0.2) is 0 Å². The fourth-order valence-corrected chi connectivity index (χ4v) is 2.91. The zero-order chi connectivity index (χ0) is 11.4. The standard InChI is InChI=1S/C15H23N.H2/c1-3-9-15(2)10-11-16(13-15)12-14-7-5-4-6-8-14;/h4-8H,3,9-13H2,1-2H3;1H. The Kier molecular flexibility index (Phi) is 3.65. The predicted molar refractivity (Wildman–Crippen MR) is 71.5 cm³/mol. The number of rotatable bonds is 4. The zero-order valence-electron chi connectivity index (χ0n) is 10.6. The smallest absolute Gasteiger partial charge is 0.0233 e. The van der Waals surface area contributed by atoms with Crippen LogP contribution in [0.15, 0.2) is 30.3 Å². The van der Waals surface area contributed by atoms with Crippen LogP contribution >= 0.6 is 0 Å². The molecule has 16 heavy (non-hydrogen) atoms. The second-order valence-electron chi connectivity index (χ2n) is 5.51. The van der Waals surface area contributed by atoms with Gasteiger partial charge in [0.05, 0.1) is 0 Å². The number of hydrogen-bond donors (Lipinski definition) is 0. The third-order valence-electron chi connectivity index (χ3n) is 3.74. The fraction of sp³-hybridized carbons (Fsp3) is 0.600. The van der Waals surface area contributed by atoms with Crippen molar-refractivity contribution in [2.75, 3.05) is 13.1 Å². The maximum absolute atomic E-state index is 2.60. The van der Waals surface area contributed by atoms with E-state index >= 15 is 0 Å². The Morgan fingerprint density at radius 3 is 2.75 bits per heavy atom. The summed E-state index contributed by atoms with van der Waals surface area (Å²) < 4.78 is 0. The quantitative estimate of drug-likeness (QED) is 0.741. The van der Waals surface area contributed by atoms with Crippen LogP contribution in [0.1, 0.15) is 40.1 Å². The molecule has 0 amide bonds. The molecular weight excluding hydrogens is 194 g/mol. The second-order valence-corrected chi connectivity index (χ2v) is 5.51. The highest BCUT2D eigenvalue weighted by Gasteiger charge is 2.32. The average molecular weight is 219 g/mol. The summed E-state index contributed by atoms with van der Waals surface area (Å²) in [6.45, 7) is 8.41. The minimum absolute atomic E-state index is 0. The molecule has 0 N–H and O–H groups in total. The van der Waals surface area contributed by atoms with E-state index in [-0.39, 0.29) is 1.43 Å². The lowest BCUT2D eigenvalue weighted by atomic mass is 9.85. The normalized spacial score (nSPS) is 26.1. The van der Waals surface area contributed by atoms with E-state index in [4.69, 9.17) is 0 Å². The van der Waals surface area contributed by atoms with Crippen LogP contribution in [0.25, 0.3) is 0 Å². The van der Waals surface area contributed by atoms with E-state index < -0.39 is 0 Å². The average Bonchev–Trinajstić information content (AvgIpc) is 2.62. The molecule has 1 saturated heterocycles. The first-order chi connectivity index (χ1) is 7.72. The molecule has 1 aliphatic heterocycles. The van der Waals surface area contributed by atoms with Crippen LogP contribution in [0, 0.1) is 5.41 Å². The van der Waals surface area contributed by atoms with Gasteiger partial charge in [0.15, 0.2) is 0 Å². The van der Waals surface area contributed by atoms with Crippen molar-refractivity contribution in [3.8, 4) is 0 Å². The minimum Gasteiger partial charge on any atom is -0.299 e. The lowest BCUT2D eigenvalue weighted by molar-refractivity contribution is 0.255. The van der Waals surface area contributed by atoms with Crippen molar-refractivity contribution in [2.24, 2.45) is 5.41 Å². The molecule has 1 unspecified atom stereocenters. The van der Waals surface area contributed by atoms with Crippen molar-refractivity contribution >= 4 is 0 Å². The van der Waals surface area contributed by atoms with E-state index in [0.717, 1.165) is 6.54 Å². The van der Waals surface area contributed by atoms with E-state index in [9.17, 15) is 0 Å². The zero-order valence-corrected chi connectivity index (χ0v) is 10.6. The van der Waals surface area contributed by atoms with Crippen LogP contribution in [0.5, 0.6) is 0 Å². The molecule has 0 aromatic heterocycles. The molecule has 1 aromatic rings. The molecule has 0 aliphatic carbocycles. The van der Waals surface area contributed by atoms with E-state index in [0.29, 0.717) is 5.41 Å². The van der Waals surface area contributed by atoms with Crippen molar-refractivity contribution < 1.29 is 1.43 Å². The van der Waals surface area contributed by atoms with Gasteiger partial charge in [0.1, 0.15) is 0 Å². The molecule has 1 nitrogen and oxygen atoms in total. The van der Waals surface area contributed by atoms with Gasteiger partial charge in [0.25, 0.3) is 0 Å². The van der Waals surface area contributed by atoms with E-state index in [1.54, 1.807) is 0 Å². The van der Waals surface area contributed by atoms with E-state index in [1.807, 2.05) is 0 Å². The Morgan fingerprint density at radius 1 is 1.31 bits per heavy atom. The number of benzene rings is 1. The first-order valence-corrected chi connectivity index (χ1v) is 6.48. The highest BCUT2D eigenvalue weighted by atomic mass is 15.2. The largest absolute Gasteiger partial charge is 0.299 e. The van der Waals surface area contributed by atoms with Crippen LogP contribution in [-0.2, 0) is 6.54 Å². The van der Waals surface area contributed by atoms with Crippen molar-refractivity contribution in [2.45, 2.75) is 39.7 Å². The lowest BCUT2D eigenvalue weighted by Gasteiger charge is -2.24. The predicted octanol–water partition coefficient (Wildman–Crippen LogP) is 3.94. The lowest BCUT2D eigenvalue weighted by Crippen LogP contribution is -2.24. The van der Waals surface area contributed by atoms with Crippen LogP contribution in [0.3, 0.4) is 0 Å². The Hall–Kier alpha value is -0.820. The molecule has 1 fully saturated rings. The summed E-state index contributed by atoms with van der Waals surface area (Å²) in [7, 11) is 0. The van der Waals surface area contributed by atoms with Crippen molar-refractivity contribution in [1.29, 1.82) is 0 Å². The molecular formula is C15H25N. The first kappa shape index (κ1) is 11.7. The van der Waals surface area contributed by atoms with Gasteiger partial charge in [-0.3, -0.25) is 4.90 Å². The van der Waals surface area contributed by atoms with Crippen LogP contribution in [-0.4, -0.2) is 18.0 Å². The SMILES string of the molecule is CCCC1(C)CCN(Cc2ccccc2)C1.[HH]. The van der Waals surface area contributed by atoms with Gasteiger partial charge in [-0.1, -0.05) is 50.6 Å². The number of hydrogen-bond acceptors (Lipinski definition) is 1. The number of likely N-dealkylation sites (tertiary alicyclic amines) is 1. The maximum Gasteiger partial charge on any atom is 0.0233 e. The fourth-order valence-electron chi connectivity index (χ4n) is 2.91. The topological polar surface area (TPSA) is 3.24 Å². The molecule has 0 bridgehead atoms. The van der Waals surface area contributed by atoms with E-state index in [2.05, 4.69) is 49.1 Å². The molecule has 2 rings (SSSR count). The van der Waals surface area contributed by atoms with Gasteiger partial charge in [0, 0.05) is 14.5 Å². The maximum atomic E-state index is 2.60. The summed E-state index contributed by atoms with van der Waals surface area (Å²) in [4.78, 5) is 2.60. The molecule has 1 aromatic carbocycles. The second kappa shape index (κ2) is 5.01. The Labute approximate surface area is 101 Å². The highest BCUT2D eigenvalue weighted by Crippen LogP contribution is 2.34. The van der Waals surface area contributed by atoms with Gasteiger partial charge in [-0.15, -0.1) is 0 Å². The van der Waals surface area contributed by atoms with Gasteiger partial charge < -0.3 is 0 Å². The Morgan fingerprint density at radius 2 is 2.06 bits per heavy atom. The first-order valence-electron chi connectivity index (χ1n) is 6.48. The molecule has 90 valence electrons. The van der Waals surface area contributed by atoms with Gasteiger partial charge in [0.2, 0.25) is 0 Å². The molecule has 1 aliphatic rings. The molecule has 1 atom stereocenters. The summed E-state index contributed by atoms with van der Waals surface area (Å²) in [5.41, 5.74) is 2.02. The molecule has 1 heterocycles. The van der Waals surface area contributed by atoms with Crippen molar-refractivity contribution in [1.82, 2.24) is 4.90 Å². The Balaban J connectivity index is 0.00000144. The monoisotopic (exact) mass is 219 g/mol. The van der Waals surface area contributed by atoms with Crippen LogP contribution < -0.4 is 0 Å².